The summed E-state index contributed by atoms with van der Waals surface area (Å²) in [6.45, 7) is 0. The second-order valence-electron chi connectivity index (χ2n) is 4.98. The molecule has 0 saturated carbocycles. The van der Waals surface area contributed by atoms with Crippen LogP contribution in [0.15, 0.2) is 40.3 Å². The highest BCUT2D eigenvalue weighted by atomic mass is 35.5. The molecule has 5 nitrogen and oxygen atoms in total. The second-order valence-corrected chi connectivity index (χ2v) is 6.16. The Bertz CT molecular complexity index is 904. The molecule has 0 unspecified atom stereocenters. The molecule has 1 N–H and O–H groups in total. The van der Waals surface area contributed by atoms with Crippen molar-refractivity contribution in [3.63, 3.8) is 0 Å². The second kappa shape index (κ2) is 6.39. The highest BCUT2D eigenvalue weighted by Crippen LogP contribution is 2.34. The van der Waals surface area contributed by atoms with Crippen molar-refractivity contribution in [2.24, 2.45) is 0 Å². The van der Waals surface area contributed by atoms with Crippen molar-refractivity contribution in [2.75, 3.05) is 7.05 Å². The molecule has 0 atom stereocenters. The summed E-state index contributed by atoms with van der Waals surface area (Å²) >= 11 is 17.0. The van der Waals surface area contributed by atoms with Crippen LogP contribution < -0.4 is 5.32 Å². The zero-order chi connectivity index (χ0) is 17.4. The zero-order valence-corrected chi connectivity index (χ0v) is 14.6. The molecule has 24 heavy (non-hydrogen) atoms. The number of nitrogens with one attached hydrogen (secondary N) is 1. The summed E-state index contributed by atoms with van der Waals surface area (Å²) in [5, 5.41) is 3.27. The Morgan fingerprint density at radius 2 is 1.96 bits per heavy atom. The Hall–Kier alpha value is -2.15. The van der Waals surface area contributed by atoms with Gasteiger partial charge in [-0.25, -0.2) is 0 Å². The maximum atomic E-state index is 12.2. The van der Waals surface area contributed by atoms with Crippen molar-refractivity contribution >= 4 is 58.4 Å². The molecule has 122 valence electrons. The number of hydrogen-bond donors (Lipinski definition) is 1. The van der Waals surface area contributed by atoms with Gasteiger partial charge in [0.05, 0.1) is 10.0 Å². The lowest BCUT2D eigenvalue weighted by atomic mass is 10.1. The van der Waals surface area contributed by atoms with Gasteiger partial charge in [0.25, 0.3) is 11.8 Å². The lowest BCUT2D eigenvalue weighted by Crippen LogP contribution is -2.52. The molecule has 1 aliphatic heterocycles. The molecule has 0 spiro atoms. The molecule has 2 amide bonds. The highest BCUT2D eigenvalue weighted by molar-refractivity contribution is 7.80. The average molecular weight is 381 g/mol. The van der Waals surface area contributed by atoms with E-state index in [9.17, 15) is 9.59 Å². The number of likely N-dealkylation sites (N-methyl/N-ethyl adjacent to an activating group) is 1. The van der Waals surface area contributed by atoms with Crippen LogP contribution in [0, 0.1) is 0 Å². The molecular formula is C16H10Cl2N2O3S. The van der Waals surface area contributed by atoms with E-state index in [4.69, 9.17) is 39.8 Å². The Morgan fingerprint density at radius 1 is 1.21 bits per heavy atom. The van der Waals surface area contributed by atoms with Crippen LogP contribution in [0.2, 0.25) is 10.0 Å². The van der Waals surface area contributed by atoms with E-state index in [-0.39, 0.29) is 10.7 Å². The third-order valence-electron chi connectivity index (χ3n) is 3.44. The quantitative estimate of drug-likeness (QED) is 0.491. The van der Waals surface area contributed by atoms with Gasteiger partial charge in [0.2, 0.25) is 0 Å². The van der Waals surface area contributed by atoms with E-state index in [0.29, 0.717) is 27.1 Å². The van der Waals surface area contributed by atoms with Gasteiger partial charge in [-0.2, -0.15) is 0 Å². The van der Waals surface area contributed by atoms with Gasteiger partial charge < -0.3 is 4.42 Å². The molecule has 1 aromatic heterocycles. The number of rotatable bonds is 2. The van der Waals surface area contributed by atoms with Crippen molar-refractivity contribution in [1.29, 1.82) is 0 Å². The Balaban J connectivity index is 1.96. The lowest BCUT2D eigenvalue weighted by molar-refractivity contribution is -0.128. The molecule has 3 rings (SSSR count). The van der Waals surface area contributed by atoms with Crippen molar-refractivity contribution < 1.29 is 14.0 Å². The Labute approximate surface area is 152 Å². The first-order valence-electron chi connectivity index (χ1n) is 6.78. The van der Waals surface area contributed by atoms with Gasteiger partial charge in [0.1, 0.15) is 17.1 Å². The van der Waals surface area contributed by atoms with Crippen LogP contribution in [0.4, 0.5) is 0 Å². The molecule has 1 aromatic carbocycles. The van der Waals surface area contributed by atoms with Crippen LogP contribution in [-0.4, -0.2) is 28.9 Å². The Kier molecular flexibility index (Phi) is 4.45. The smallest absolute Gasteiger partial charge is 0.265 e. The maximum Gasteiger partial charge on any atom is 0.265 e. The van der Waals surface area contributed by atoms with Gasteiger partial charge in [0.15, 0.2) is 5.11 Å². The number of benzene rings is 1. The van der Waals surface area contributed by atoms with E-state index < -0.39 is 11.8 Å². The molecule has 8 heteroatoms. The molecule has 1 saturated heterocycles. The zero-order valence-electron chi connectivity index (χ0n) is 12.3. The minimum Gasteiger partial charge on any atom is -0.457 e. The van der Waals surface area contributed by atoms with E-state index >= 15 is 0 Å². The van der Waals surface area contributed by atoms with E-state index in [2.05, 4.69) is 5.32 Å². The number of hydrogen-bond acceptors (Lipinski definition) is 4. The number of nitrogens with zero attached hydrogens (tertiary/aromatic N) is 1. The number of carbonyl (C=O) groups is 2. The molecule has 0 aliphatic carbocycles. The summed E-state index contributed by atoms with van der Waals surface area (Å²) in [6.07, 6.45) is 1.36. The van der Waals surface area contributed by atoms with Crippen LogP contribution in [-0.2, 0) is 9.59 Å². The fourth-order valence-electron chi connectivity index (χ4n) is 2.16. The first kappa shape index (κ1) is 16.7. The normalized spacial score (nSPS) is 16.7. The third-order valence-corrected chi connectivity index (χ3v) is 4.63. The molecule has 0 radical (unpaired) electrons. The van der Waals surface area contributed by atoms with Crippen LogP contribution in [0.1, 0.15) is 5.76 Å². The van der Waals surface area contributed by atoms with E-state index in [0.717, 1.165) is 0 Å². The standard InChI is InChI=1S/C16H10Cl2N2O3S/c1-20-15(22)10(14(21)19-16(20)24)7-8-5-6-12(23-8)9-3-2-4-11(17)13(9)18/h2-7H,1H3,(H,19,21,24)/b10-7+. The SMILES string of the molecule is CN1C(=O)/C(=C/c2ccc(-c3cccc(Cl)c3Cl)o2)C(=O)NC1=S. The molecular weight excluding hydrogens is 371 g/mol. The molecule has 1 fully saturated rings. The fraction of sp³-hybridized carbons (Fsp3) is 0.0625. The number of halogens is 2. The molecule has 0 bridgehead atoms. The molecule has 2 aromatic rings. The Morgan fingerprint density at radius 3 is 2.71 bits per heavy atom. The van der Waals surface area contributed by atoms with E-state index in [1.165, 1.54) is 18.0 Å². The van der Waals surface area contributed by atoms with Crippen molar-refractivity contribution in [3.8, 4) is 11.3 Å². The third kappa shape index (κ3) is 2.96. The van der Waals surface area contributed by atoms with Gasteiger partial charge in [-0.1, -0.05) is 29.3 Å². The largest absolute Gasteiger partial charge is 0.457 e. The van der Waals surface area contributed by atoms with E-state index in [1.807, 2.05) is 0 Å². The maximum absolute atomic E-state index is 12.2. The van der Waals surface area contributed by atoms with Crippen molar-refractivity contribution in [3.05, 3.63) is 51.7 Å². The number of carbonyl (C=O) groups excluding carboxylic acids is 2. The topological polar surface area (TPSA) is 62.6 Å². The first-order chi connectivity index (χ1) is 11.4. The summed E-state index contributed by atoms with van der Waals surface area (Å²) in [7, 11) is 1.48. The number of furan rings is 1. The molecule has 2 heterocycles. The van der Waals surface area contributed by atoms with Crippen LogP contribution in [0.5, 0.6) is 0 Å². The summed E-state index contributed by atoms with van der Waals surface area (Å²) in [6, 6.07) is 8.49. The van der Waals surface area contributed by atoms with Gasteiger partial charge in [-0.05, 0) is 42.6 Å². The highest BCUT2D eigenvalue weighted by Gasteiger charge is 2.31. The van der Waals surface area contributed by atoms with Crippen molar-refractivity contribution in [1.82, 2.24) is 10.2 Å². The van der Waals surface area contributed by atoms with E-state index in [1.54, 1.807) is 30.3 Å². The lowest BCUT2D eigenvalue weighted by Gasteiger charge is -2.24. The monoisotopic (exact) mass is 380 g/mol. The minimum atomic E-state index is -0.568. The van der Waals surface area contributed by atoms with Crippen LogP contribution in [0.25, 0.3) is 17.4 Å². The number of amides is 2. The van der Waals surface area contributed by atoms with Crippen LogP contribution >= 0.6 is 35.4 Å². The summed E-state index contributed by atoms with van der Waals surface area (Å²) in [4.78, 5) is 25.3. The summed E-state index contributed by atoms with van der Waals surface area (Å²) in [5.41, 5.74) is 0.552. The van der Waals surface area contributed by atoms with Gasteiger partial charge in [-0.15, -0.1) is 0 Å². The predicted molar refractivity (Wildman–Crippen MR) is 95.7 cm³/mol. The number of thiocarbonyl (C=S) groups is 1. The molecule has 1 aliphatic rings. The predicted octanol–water partition coefficient (Wildman–Crippen LogP) is 3.51. The average Bonchev–Trinajstić information content (AvgIpc) is 3.00. The summed E-state index contributed by atoms with van der Waals surface area (Å²) in [5.74, 6) is -0.257. The van der Waals surface area contributed by atoms with Gasteiger partial charge in [-0.3, -0.25) is 19.8 Å². The fourth-order valence-corrected chi connectivity index (χ4v) is 2.73. The summed E-state index contributed by atoms with van der Waals surface area (Å²) < 4.78 is 5.66. The van der Waals surface area contributed by atoms with Crippen molar-refractivity contribution in [2.45, 2.75) is 0 Å². The van der Waals surface area contributed by atoms with Gasteiger partial charge >= 0.3 is 0 Å². The van der Waals surface area contributed by atoms with Crippen LogP contribution in [0.3, 0.4) is 0 Å². The van der Waals surface area contributed by atoms with Gasteiger partial charge in [0, 0.05) is 12.6 Å². The minimum absolute atomic E-state index is 0.0630. The first-order valence-corrected chi connectivity index (χ1v) is 7.94.